The second-order valence-electron chi connectivity index (χ2n) is 3.48. The molecule has 0 aromatic rings. The quantitative estimate of drug-likeness (QED) is 0.609. The Kier molecular flexibility index (Phi) is 4.28. The maximum absolute atomic E-state index is 11.0. The number of carbonyl (C=O) groups is 1. The van der Waals surface area contributed by atoms with E-state index in [4.69, 9.17) is 0 Å². The van der Waals surface area contributed by atoms with Crippen LogP contribution in [0, 0.1) is 5.92 Å². The highest BCUT2D eigenvalue weighted by atomic mass is 127. The van der Waals surface area contributed by atoms with Crippen molar-refractivity contribution in [2.75, 3.05) is 19.6 Å². The summed E-state index contributed by atoms with van der Waals surface area (Å²) in [4.78, 5) is 13.2. The molecule has 0 saturated carbocycles. The average molecular weight is 282 g/mol. The molecule has 1 amide bonds. The minimum Gasteiger partial charge on any atom is -0.298 e. The Bertz CT molecular complexity index is 155. The van der Waals surface area contributed by atoms with E-state index in [0.29, 0.717) is 6.54 Å². The van der Waals surface area contributed by atoms with Crippen molar-refractivity contribution >= 4 is 28.8 Å². The summed E-state index contributed by atoms with van der Waals surface area (Å²) in [7, 11) is 0. The van der Waals surface area contributed by atoms with E-state index in [1.54, 1.807) is 0 Å². The van der Waals surface area contributed by atoms with Crippen LogP contribution in [0.2, 0.25) is 0 Å². The van der Waals surface area contributed by atoms with E-state index in [2.05, 4.69) is 15.4 Å². The van der Waals surface area contributed by atoms with E-state index in [1.807, 2.05) is 22.9 Å². The molecule has 1 aliphatic rings. The van der Waals surface area contributed by atoms with Gasteiger partial charge in [-0.2, -0.15) is 0 Å². The summed E-state index contributed by atoms with van der Waals surface area (Å²) in [5, 5.41) is 0. The molecule has 0 aromatic carbocycles. The van der Waals surface area contributed by atoms with Gasteiger partial charge in [-0.25, -0.2) is 0 Å². The number of nitrogens with zero attached hydrogens (tertiary/aromatic N) is 1. The van der Waals surface area contributed by atoms with Crippen LogP contribution >= 0.6 is 22.9 Å². The average Bonchev–Trinajstić information content (AvgIpc) is 2.09. The maximum Gasteiger partial charge on any atom is 0.242 e. The lowest BCUT2D eigenvalue weighted by molar-refractivity contribution is -0.120. The van der Waals surface area contributed by atoms with Crippen molar-refractivity contribution in [1.29, 1.82) is 0 Å². The van der Waals surface area contributed by atoms with E-state index in [1.165, 1.54) is 12.8 Å². The minimum atomic E-state index is 0.116. The lowest BCUT2D eigenvalue weighted by atomic mass is 9.99. The Morgan fingerprint density at radius 1 is 1.58 bits per heavy atom. The number of halogens is 1. The van der Waals surface area contributed by atoms with Crippen LogP contribution in [-0.4, -0.2) is 30.4 Å². The fourth-order valence-corrected chi connectivity index (χ4v) is 1.62. The summed E-state index contributed by atoms with van der Waals surface area (Å²) < 4.78 is 2.61. The van der Waals surface area contributed by atoms with Crippen molar-refractivity contribution in [3.05, 3.63) is 0 Å². The van der Waals surface area contributed by atoms with Crippen LogP contribution in [0.3, 0.4) is 0 Å². The Labute approximate surface area is 87.4 Å². The van der Waals surface area contributed by atoms with Gasteiger partial charge in [0.1, 0.15) is 0 Å². The Balaban J connectivity index is 2.21. The second-order valence-corrected chi connectivity index (χ2v) is 4.02. The highest BCUT2D eigenvalue weighted by molar-refractivity contribution is 14.1. The molecule has 3 nitrogen and oxygen atoms in total. The summed E-state index contributed by atoms with van der Waals surface area (Å²) in [6.45, 7) is 4.99. The van der Waals surface area contributed by atoms with Crippen molar-refractivity contribution in [3.63, 3.8) is 0 Å². The molecule has 0 bridgehead atoms. The van der Waals surface area contributed by atoms with Crippen molar-refractivity contribution in [2.24, 2.45) is 5.92 Å². The number of hydrogen-bond donors (Lipinski definition) is 1. The zero-order valence-corrected chi connectivity index (χ0v) is 9.50. The van der Waals surface area contributed by atoms with E-state index in [-0.39, 0.29) is 5.91 Å². The summed E-state index contributed by atoms with van der Waals surface area (Å²) in [6, 6.07) is 0. The first kappa shape index (κ1) is 10.2. The van der Waals surface area contributed by atoms with Gasteiger partial charge in [-0.3, -0.25) is 13.2 Å². The molecule has 1 aliphatic heterocycles. The standard InChI is InChI=1S/C8H15IN2O/c1-7-2-4-11(5-3-7)6-8(12)10-9/h7H,2-6H2,1H3,(H,10,12). The van der Waals surface area contributed by atoms with Gasteiger partial charge in [-0.15, -0.1) is 0 Å². The SMILES string of the molecule is CC1CCN(CC(=O)NI)CC1. The van der Waals surface area contributed by atoms with Gasteiger partial charge >= 0.3 is 0 Å². The van der Waals surface area contributed by atoms with Crippen LogP contribution in [0.5, 0.6) is 0 Å². The van der Waals surface area contributed by atoms with Crippen molar-refractivity contribution in [2.45, 2.75) is 19.8 Å². The van der Waals surface area contributed by atoms with E-state index in [9.17, 15) is 4.79 Å². The van der Waals surface area contributed by atoms with Crippen LogP contribution in [0.1, 0.15) is 19.8 Å². The summed E-state index contributed by atoms with van der Waals surface area (Å²) in [5.74, 6) is 0.953. The number of piperidine rings is 1. The smallest absolute Gasteiger partial charge is 0.242 e. The number of likely N-dealkylation sites (tertiary alicyclic amines) is 1. The first-order chi connectivity index (χ1) is 5.72. The Morgan fingerprint density at radius 2 is 2.17 bits per heavy atom. The number of hydrogen-bond acceptors (Lipinski definition) is 2. The van der Waals surface area contributed by atoms with Gasteiger partial charge < -0.3 is 0 Å². The molecule has 0 unspecified atom stereocenters. The third kappa shape index (κ3) is 3.26. The molecule has 70 valence electrons. The highest BCUT2D eigenvalue weighted by Gasteiger charge is 2.17. The fraction of sp³-hybridized carbons (Fsp3) is 0.875. The largest absolute Gasteiger partial charge is 0.298 e. The first-order valence-corrected chi connectivity index (χ1v) is 5.42. The first-order valence-electron chi connectivity index (χ1n) is 4.34. The van der Waals surface area contributed by atoms with Crippen LogP contribution in [0.15, 0.2) is 0 Å². The molecule has 1 fully saturated rings. The van der Waals surface area contributed by atoms with Crippen LogP contribution in [0.25, 0.3) is 0 Å². The molecular weight excluding hydrogens is 267 g/mol. The lowest BCUT2D eigenvalue weighted by Gasteiger charge is -2.29. The molecule has 1 saturated heterocycles. The summed E-state index contributed by atoms with van der Waals surface area (Å²) in [5.41, 5.74) is 0. The summed E-state index contributed by atoms with van der Waals surface area (Å²) >= 11 is 1.89. The van der Waals surface area contributed by atoms with Gasteiger partial charge in [0, 0.05) is 0 Å². The molecule has 1 N–H and O–H groups in total. The lowest BCUT2D eigenvalue weighted by Crippen LogP contribution is -2.39. The topological polar surface area (TPSA) is 32.3 Å². The molecule has 0 aliphatic carbocycles. The van der Waals surface area contributed by atoms with E-state index >= 15 is 0 Å². The summed E-state index contributed by atoms with van der Waals surface area (Å²) in [6.07, 6.45) is 2.46. The van der Waals surface area contributed by atoms with Crippen LogP contribution < -0.4 is 3.53 Å². The normalized spacial score (nSPS) is 20.8. The van der Waals surface area contributed by atoms with E-state index < -0.39 is 0 Å². The number of carbonyl (C=O) groups excluding carboxylic acids is 1. The third-order valence-electron chi connectivity index (χ3n) is 2.35. The number of rotatable bonds is 2. The van der Waals surface area contributed by atoms with Gasteiger partial charge in [0.15, 0.2) is 0 Å². The molecule has 0 atom stereocenters. The van der Waals surface area contributed by atoms with Gasteiger partial charge in [0.25, 0.3) is 0 Å². The Morgan fingerprint density at radius 3 is 2.67 bits per heavy atom. The Hall–Kier alpha value is 0.160. The zero-order valence-electron chi connectivity index (χ0n) is 7.35. The van der Waals surface area contributed by atoms with Gasteiger partial charge in [-0.1, -0.05) is 6.92 Å². The van der Waals surface area contributed by atoms with Crippen molar-refractivity contribution in [1.82, 2.24) is 8.43 Å². The zero-order chi connectivity index (χ0) is 8.97. The van der Waals surface area contributed by atoms with Crippen LogP contribution in [0.4, 0.5) is 0 Å². The predicted molar refractivity (Wildman–Crippen MR) is 57.0 cm³/mol. The number of amides is 1. The molecule has 0 radical (unpaired) electrons. The molecule has 0 spiro atoms. The van der Waals surface area contributed by atoms with Crippen molar-refractivity contribution in [3.8, 4) is 0 Å². The van der Waals surface area contributed by atoms with Crippen molar-refractivity contribution < 1.29 is 4.79 Å². The fourth-order valence-electron chi connectivity index (χ4n) is 1.45. The molecule has 0 aromatic heterocycles. The molecule has 12 heavy (non-hydrogen) atoms. The van der Waals surface area contributed by atoms with Gasteiger partial charge in [0.2, 0.25) is 5.91 Å². The molecular formula is C8H15IN2O. The second kappa shape index (κ2) is 5.01. The maximum atomic E-state index is 11.0. The molecule has 4 heteroatoms. The number of nitrogens with one attached hydrogen (secondary N) is 1. The van der Waals surface area contributed by atoms with Crippen LogP contribution in [-0.2, 0) is 4.79 Å². The third-order valence-corrected chi connectivity index (χ3v) is 2.95. The molecule has 1 heterocycles. The van der Waals surface area contributed by atoms with Gasteiger partial charge in [0.05, 0.1) is 29.4 Å². The van der Waals surface area contributed by atoms with E-state index in [0.717, 1.165) is 19.0 Å². The minimum absolute atomic E-state index is 0.116. The van der Waals surface area contributed by atoms with Gasteiger partial charge in [-0.05, 0) is 31.8 Å². The molecule has 1 rings (SSSR count). The highest BCUT2D eigenvalue weighted by Crippen LogP contribution is 2.15. The predicted octanol–water partition coefficient (Wildman–Crippen LogP) is 1.18. The monoisotopic (exact) mass is 282 g/mol.